The van der Waals surface area contributed by atoms with Gasteiger partial charge in [0.2, 0.25) is 0 Å². The number of hydrogen-bond donors (Lipinski definition) is 3. The van der Waals surface area contributed by atoms with Crippen LogP contribution in [0.2, 0.25) is 0 Å². The average Bonchev–Trinajstić information content (AvgIpc) is 2.59. The number of aryl methyl sites for hydroxylation is 1. The van der Waals surface area contributed by atoms with Gasteiger partial charge in [0, 0.05) is 23.7 Å². The Labute approximate surface area is 162 Å². The predicted octanol–water partition coefficient (Wildman–Crippen LogP) is 4.50. The van der Waals surface area contributed by atoms with E-state index in [-0.39, 0.29) is 4.90 Å². The molecule has 2 rings (SSSR count). The van der Waals surface area contributed by atoms with E-state index in [9.17, 15) is 8.42 Å². The van der Waals surface area contributed by atoms with Crippen LogP contribution in [0.15, 0.2) is 35.2 Å². The first-order valence-corrected chi connectivity index (χ1v) is 11.2. The van der Waals surface area contributed by atoms with Crippen molar-refractivity contribution < 1.29 is 8.42 Å². The van der Waals surface area contributed by atoms with Gasteiger partial charge < -0.3 is 16.4 Å². The monoisotopic (exact) mass is 390 g/mol. The van der Waals surface area contributed by atoms with Crippen LogP contribution in [0.1, 0.15) is 45.2 Å². The minimum atomic E-state index is -3.22. The number of benzene rings is 1. The summed E-state index contributed by atoms with van der Waals surface area (Å²) >= 11 is 0. The molecule has 0 radical (unpaired) electrons. The number of anilines is 4. The molecule has 1 aromatic heterocycles. The van der Waals surface area contributed by atoms with Gasteiger partial charge >= 0.3 is 0 Å². The molecule has 7 heteroatoms. The van der Waals surface area contributed by atoms with E-state index in [1.54, 1.807) is 24.3 Å². The molecule has 0 fully saturated rings. The van der Waals surface area contributed by atoms with Crippen molar-refractivity contribution in [2.24, 2.45) is 0 Å². The van der Waals surface area contributed by atoms with Gasteiger partial charge in [0.1, 0.15) is 0 Å². The summed E-state index contributed by atoms with van der Waals surface area (Å²) in [5.41, 5.74) is 9.38. The molecule has 27 heavy (non-hydrogen) atoms. The van der Waals surface area contributed by atoms with Gasteiger partial charge in [-0.1, -0.05) is 26.7 Å². The van der Waals surface area contributed by atoms with Crippen LogP contribution in [0, 0.1) is 6.92 Å². The number of nitrogens with two attached hydrogens (primary N) is 1. The van der Waals surface area contributed by atoms with Crippen molar-refractivity contribution in [2.75, 3.05) is 22.6 Å². The van der Waals surface area contributed by atoms with Crippen LogP contribution in [0.3, 0.4) is 0 Å². The minimum absolute atomic E-state index is 0.280. The third-order valence-electron chi connectivity index (χ3n) is 4.37. The van der Waals surface area contributed by atoms with Gasteiger partial charge in [-0.25, -0.2) is 13.4 Å². The van der Waals surface area contributed by atoms with E-state index >= 15 is 0 Å². The summed E-state index contributed by atoms with van der Waals surface area (Å²) in [4.78, 5) is 4.78. The second kappa shape index (κ2) is 9.08. The Hall–Kier alpha value is -2.28. The number of sulfone groups is 1. The molecule has 0 aliphatic rings. The molecular weight excluding hydrogens is 360 g/mol. The first-order chi connectivity index (χ1) is 12.7. The van der Waals surface area contributed by atoms with Gasteiger partial charge in [0.05, 0.1) is 16.3 Å². The number of nitrogens with one attached hydrogen (secondary N) is 2. The first kappa shape index (κ1) is 21.0. The average molecular weight is 391 g/mol. The van der Waals surface area contributed by atoms with Gasteiger partial charge in [-0.05, 0) is 50.1 Å². The smallest absolute Gasteiger partial charge is 0.175 e. The van der Waals surface area contributed by atoms with Crippen LogP contribution in [-0.2, 0) is 9.84 Å². The highest BCUT2D eigenvalue weighted by Crippen LogP contribution is 2.30. The largest absolute Gasteiger partial charge is 0.394 e. The van der Waals surface area contributed by atoms with E-state index in [2.05, 4.69) is 29.5 Å². The van der Waals surface area contributed by atoms with Crippen LogP contribution in [0.4, 0.5) is 22.9 Å². The lowest BCUT2D eigenvalue weighted by Crippen LogP contribution is -2.20. The van der Waals surface area contributed by atoms with Gasteiger partial charge in [-0.15, -0.1) is 0 Å². The molecule has 0 saturated carbocycles. The lowest BCUT2D eigenvalue weighted by molar-refractivity contribution is 0.586. The zero-order valence-corrected chi connectivity index (χ0v) is 17.4. The molecule has 6 nitrogen and oxygen atoms in total. The Kier molecular flexibility index (Phi) is 7.07. The standard InChI is InChI=1S/C20H30N4O2S/c1-5-7-15(8-6-2)23-18-13-14(3)22-20(19(18)21)24-16-9-11-17(12-10-16)27(4,25)26/h9-13,15H,5-8,21H2,1-4H3,(H2,22,23,24). The highest BCUT2D eigenvalue weighted by molar-refractivity contribution is 7.90. The van der Waals surface area contributed by atoms with Gasteiger partial charge in [-0.2, -0.15) is 0 Å². The molecule has 2 aromatic rings. The summed E-state index contributed by atoms with van der Waals surface area (Å²) in [6.45, 7) is 6.29. The van der Waals surface area contributed by atoms with Crippen LogP contribution >= 0.6 is 0 Å². The van der Waals surface area contributed by atoms with Crippen molar-refractivity contribution in [3.63, 3.8) is 0 Å². The number of nitrogen functional groups attached to an aromatic ring is 1. The SMILES string of the molecule is CCCC(CCC)Nc1cc(C)nc(Nc2ccc(S(C)(=O)=O)cc2)c1N. The number of nitrogens with zero attached hydrogens (tertiary/aromatic N) is 1. The highest BCUT2D eigenvalue weighted by atomic mass is 32.2. The molecule has 0 aliphatic heterocycles. The normalized spacial score (nSPS) is 11.6. The van der Waals surface area contributed by atoms with E-state index in [1.165, 1.54) is 6.26 Å². The first-order valence-electron chi connectivity index (χ1n) is 9.35. The van der Waals surface area contributed by atoms with Crippen LogP contribution in [0.25, 0.3) is 0 Å². The maximum absolute atomic E-state index is 11.6. The fraction of sp³-hybridized carbons (Fsp3) is 0.450. The van der Waals surface area contributed by atoms with Crippen molar-refractivity contribution in [3.8, 4) is 0 Å². The maximum Gasteiger partial charge on any atom is 0.175 e. The number of aromatic nitrogens is 1. The quantitative estimate of drug-likeness (QED) is 0.583. The molecule has 0 amide bonds. The topological polar surface area (TPSA) is 97.1 Å². The number of pyridine rings is 1. The van der Waals surface area contributed by atoms with Crippen LogP contribution < -0.4 is 16.4 Å². The van der Waals surface area contributed by atoms with Gasteiger partial charge in [-0.3, -0.25) is 0 Å². The van der Waals surface area contributed by atoms with Gasteiger partial charge in [0.25, 0.3) is 0 Å². The van der Waals surface area contributed by atoms with E-state index in [0.29, 0.717) is 17.5 Å². The Morgan fingerprint density at radius 2 is 1.70 bits per heavy atom. The van der Waals surface area contributed by atoms with E-state index in [0.717, 1.165) is 42.8 Å². The molecule has 148 valence electrons. The Balaban J connectivity index is 2.26. The molecular formula is C20H30N4O2S. The van der Waals surface area contributed by atoms with Crippen molar-refractivity contribution in [1.82, 2.24) is 4.98 Å². The van der Waals surface area contributed by atoms with Gasteiger partial charge in [0.15, 0.2) is 15.7 Å². The highest BCUT2D eigenvalue weighted by Gasteiger charge is 2.13. The van der Waals surface area contributed by atoms with Crippen molar-refractivity contribution in [2.45, 2.75) is 57.4 Å². The zero-order valence-electron chi connectivity index (χ0n) is 16.5. The molecule has 1 heterocycles. The Bertz CT molecular complexity index is 858. The summed E-state index contributed by atoms with van der Waals surface area (Å²) in [5, 5.41) is 6.76. The molecule has 1 aromatic carbocycles. The molecule has 0 bridgehead atoms. The summed E-state index contributed by atoms with van der Waals surface area (Å²) in [7, 11) is -3.22. The number of hydrogen-bond acceptors (Lipinski definition) is 6. The summed E-state index contributed by atoms with van der Waals surface area (Å²) in [5.74, 6) is 0.566. The summed E-state index contributed by atoms with van der Waals surface area (Å²) < 4.78 is 23.2. The Morgan fingerprint density at radius 1 is 1.11 bits per heavy atom. The third kappa shape index (κ3) is 5.85. The second-order valence-corrected chi connectivity index (χ2v) is 8.93. The van der Waals surface area contributed by atoms with E-state index in [4.69, 9.17) is 5.73 Å². The number of rotatable bonds is 9. The fourth-order valence-corrected chi connectivity index (χ4v) is 3.66. The van der Waals surface area contributed by atoms with Crippen molar-refractivity contribution in [1.29, 1.82) is 0 Å². The molecule has 0 saturated heterocycles. The predicted molar refractivity (Wildman–Crippen MR) is 113 cm³/mol. The molecule has 0 spiro atoms. The molecule has 4 N–H and O–H groups in total. The Morgan fingerprint density at radius 3 is 2.22 bits per heavy atom. The van der Waals surface area contributed by atoms with E-state index < -0.39 is 9.84 Å². The van der Waals surface area contributed by atoms with Crippen molar-refractivity contribution >= 4 is 32.7 Å². The maximum atomic E-state index is 11.6. The summed E-state index contributed by atoms with van der Waals surface area (Å²) in [6, 6.07) is 8.91. The fourth-order valence-electron chi connectivity index (χ4n) is 3.03. The van der Waals surface area contributed by atoms with Crippen LogP contribution in [0.5, 0.6) is 0 Å². The lowest BCUT2D eigenvalue weighted by Gasteiger charge is -2.21. The lowest BCUT2D eigenvalue weighted by atomic mass is 10.1. The van der Waals surface area contributed by atoms with E-state index in [1.807, 2.05) is 13.0 Å². The molecule has 0 atom stereocenters. The molecule has 0 aliphatic carbocycles. The van der Waals surface area contributed by atoms with Crippen LogP contribution in [-0.4, -0.2) is 25.7 Å². The zero-order chi connectivity index (χ0) is 20.0. The minimum Gasteiger partial charge on any atom is -0.394 e. The second-order valence-electron chi connectivity index (χ2n) is 6.91. The third-order valence-corrected chi connectivity index (χ3v) is 5.49. The van der Waals surface area contributed by atoms with Crippen molar-refractivity contribution in [3.05, 3.63) is 36.0 Å². The summed E-state index contributed by atoms with van der Waals surface area (Å²) in [6.07, 6.45) is 5.59. The molecule has 0 unspecified atom stereocenters.